The number of allylic oxidation sites excluding steroid dienone is 2. The molecule has 0 aliphatic heterocycles. The highest BCUT2D eigenvalue weighted by atomic mass is 16.5. The van der Waals surface area contributed by atoms with Gasteiger partial charge in [0.05, 0.1) is 44.1 Å². The fourth-order valence-electron chi connectivity index (χ4n) is 4.26. The molecule has 0 spiro atoms. The van der Waals surface area contributed by atoms with Gasteiger partial charge in [-0.25, -0.2) is 4.68 Å². The molecule has 378 valence electrons. The molecule has 2 amide bonds. The van der Waals surface area contributed by atoms with Gasteiger partial charge in [0, 0.05) is 63.7 Å². The van der Waals surface area contributed by atoms with Gasteiger partial charge < -0.3 is 30.3 Å². The Balaban J connectivity index is -0.000000450. The summed E-state index contributed by atoms with van der Waals surface area (Å²) in [5.74, 6) is 1.39. The van der Waals surface area contributed by atoms with E-state index in [9.17, 15) is 19.2 Å². The van der Waals surface area contributed by atoms with Gasteiger partial charge in [0.1, 0.15) is 5.69 Å². The van der Waals surface area contributed by atoms with Gasteiger partial charge >= 0.3 is 0 Å². The largest absolute Gasteiger partial charge is 0.396 e. The molecular weight excluding hydrogens is 829 g/mol. The van der Waals surface area contributed by atoms with Crippen LogP contribution in [0.1, 0.15) is 149 Å². The first-order chi connectivity index (χ1) is 30.3. The lowest BCUT2D eigenvalue weighted by Gasteiger charge is -2.29. The molecule has 0 atom stereocenters. The Morgan fingerprint density at radius 2 is 1.29 bits per heavy atom. The highest BCUT2D eigenvalue weighted by molar-refractivity contribution is 5.98. The van der Waals surface area contributed by atoms with E-state index in [0.717, 1.165) is 19.3 Å². The minimum atomic E-state index is -0.378. The smallest absolute Gasteiger partial charge is 0.244 e. The van der Waals surface area contributed by atoms with Crippen LogP contribution >= 0.6 is 0 Å². The van der Waals surface area contributed by atoms with Gasteiger partial charge in [0.15, 0.2) is 11.6 Å². The Morgan fingerprint density at radius 3 is 1.74 bits per heavy atom. The highest BCUT2D eigenvalue weighted by Gasteiger charge is 2.22. The molecule has 16 heteroatoms. The molecular formula is C49H94N8O8. The third kappa shape index (κ3) is 47.7. The van der Waals surface area contributed by atoms with E-state index in [1.54, 1.807) is 56.0 Å². The third-order valence-electron chi connectivity index (χ3n) is 8.18. The fourth-order valence-corrected chi connectivity index (χ4v) is 4.26. The number of ether oxygens (including phenoxy) is 2. The fraction of sp³-hybridized carbons (Fsp3) is 0.755. The summed E-state index contributed by atoms with van der Waals surface area (Å²) in [7, 11) is 1.60. The SMILES string of the molecule is CC.CC(C)CCO.CC(C)CO.CCC(=O)/C=C/C(=O)NCc1cn(CC(C)(C)OCCC(C)C)nn1.CN=NN(C=CCNC(=O)/C=C/C(=O)C(C)C)CC(C)(C)OCCC(C)C. The molecule has 16 nitrogen and oxygen atoms in total. The van der Waals surface area contributed by atoms with E-state index in [1.165, 1.54) is 24.3 Å². The number of carbonyl (C=O) groups excluding carboxylic acids is 4. The number of hydrogen-bond donors (Lipinski definition) is 4. The number of amides is 2. The third-order valence-corrected chi connectivity index (χ3v) is 8.18. The van der Waals surface area contributed by atoms with Crippen molar-refractivity contribution in [1.29, 1.82) is 0 Å². The van der Waals surface area contributed by atoms with Crippen molar-refractivity contribution in [2.24, 2.45) is 39.9 Å². The summed E-state index contributed by atoms with van der Waals surface area (Å²) in [6, 6.07) is 0. The molecule has 1 heterocycles. The van der Waals surface area contributed by atoms with Crippen LogP contribution in [0, 0.1) is 29.6 Å². The quantitative estimate of drug-likeness (QED) is 0.0373. The van der Waals surface area contributed by atoms with Crippen LogP contribution < -0.4 is 10.6 Å². The lowest BCUT2D eigenvalue weighted by atomic mass is 10.1. The number of ketones is 2. The van der Waals surface area contributed by atoms with Crippen LogP contribution in [0.2, 0.25) is 0 Å². The molecule has 0 bridgehead atoms. The molecule has 0 fully saturated rings. The number of aliphatic hydroxyl groups is 2. The normalized spacial score (nSPS) is 11.7. The van der Waals surface area contributed by atoms with Gasteiger partial charge in [0.2, 0.25) is 11.8 Å². The van der Waals surface area contributed by atoms with Crippen molar-refractivity contribution in [1.82, 2.24) is 30.6 Å². The molecule has 0 unspecified atom stereocenters. The van der Waals surface area contributed by atoms with Gasteiger partial charge in [0.25, 0.3) is 0 Å². The summed E-state index contributed by atoms with van der Waals surface area (Å²) in [5.41, 5.74) is -0.0651. The van der Waals surface area contributed by atoms with Crippen LogP contribution in [-0.4, -0.2) is 111 Å². The maximum absolute atomic E-state index is 11.7. The lowest BCUT2D eigenvalue weighted by molar-refractivity contribution is -0.119. The molecule has 0 radical (unpaired) electrons. The topological polar surface area (TPSA) is 210 Å². The number of aliphatic hydroxyl groups excluding tert-OH is 2. The van der Waals surface area contributed by atoms with E-state index in [-0.39, 0.29) is 47.0 Å². The summed E-state index contributed by atoms with van der Waals surface area (Å²) in [4.78, 5) is 45.9. The van der Waals surface area contributed by atoms with E-state index in [2.05, 4.69) is 72.8 Å². The van der Waals surface area contributed by atoms with E-state index in [0.29, 0.717) is 81.8 Å². The van der Waals surface area contributed by atoms with Gasteiger partial charge in [-0.05, 0) is 88.9 Å². The Morgan fingerprint density at radius 1 is 0.785 bits per heavy atom. The van der Waals surface area contributed by atoms with Gasteiger partial charge in [-0.15, -0.1) is 5.10 Å². The molecule has 1 aromatic rings. The lowest BCUT2D eigenvalue weighted by Crippen LogP contribution is -2.36. The van der Waals surface area contributed by atoms with Crippen molar-refractivity contribution in [3.63, 3.8) is 0 Å². The van der Waals surface area contributed by atoms with Crippen LogP contribution in [0.15, 0.2) is 53.1 Å². The molecule has 1 rings (SSSR count). The average molecular weight is 923 g/mol. The Hall–Kier alpha value is -4.12. The first-order valence-corrected chi connectivity index (χ1v) is 23.4. The predicted octanol–water partition coefficient (Wildman–Crippen LogP) is 8.49. The average Bonchev–Trinajstić information content (AvgIpc) is 3.66. The summed E-state index contributed by atoms with van der Waals surface area (Å²) < 4.78 is 13.6. The maximum Gasteiger partial charge on any atom is 0.244 e. The highest BCUT2D eigenvalue weighted by Crippen LogP contribution is 2.15. The van der Waals surface area contributed by atoms with Gasteiger partial charge in [-0.1, -0.05) is 100 Å². The van der Waals surface area contributed by atoms with E-state index >= 15 is 0 Å². The maximum atomic E-state index is 11.7. The van der Waals surface area contributed by atoms with Crippen molar-refractivity contribution in [3.8, 4) is 0 Å². The zero-order chi connectivity index (χ0) is 51.0. The predicted molar refractivity (Wildman–Crippen MR) is 264 cm³/mol. The minimum Gasteiger partial charge on any atom is -0.396 e. The van der Waals surface area contributed by atoms with Crippen molar-refractivity contribution < 1.29 is 38.9 Å². The Labute approximate surface area is 394 Å². The second kappa shape index (κ2) is 41.3. The summed E-state index contributed by atoms with van der Waals surface area (Å²) >= 11 is 0. The number of hydrogen-bond acceptors (Lipinski definition) is 12. The van der Waals surface area contributed by atoms with Crippen molar-refractivity contribution in [2.45, 2.75) is 168 Å². The Kier molecular flexibility index (Phi) is 42.9. The summed E-state index contributed by atoms with van der Waals surface area (Å²) in [6.07, 6.45) is 13.7. The molecule has 0 aliphatic carbocycles. The van der Waals surface area contributed by atoms with Crippen molar-refractivity contribution in [2.75, 3.05) is 46.6 Å². The summed E-state index contributed by atoms with van der Waals surface area (Å²) in [6.45, 7) is 37.9. The molecule has 0 aliphatic rings. The first kappa shape index (κ1) is 67.5. The van der Waals surface area contributed by atoms with Crippen LogP contribution in [0.3, 0.4) is 0 Å². The number of nitrogens with zero attached hydrogens (tertiary/aromatic N) is 6. The Bertz CT molecular complexity index is 1480. The zero-order valence-electron chi connectivity index (χ0n) is 43.9. The number of nitrogens with one attached hydrogen (secondary N) is 2. The van der Waals surface area contributed by atoms with Crippen molar-refractivity contribution >= 4 is 23.4 Å². The number of aromatic nitrogens is 3. The van der Waals surface area contributed by atoms with E-state index < -0.39 is 0 Å². The number of carbonyl (C=O) groups is 4. The van der Waals surface area contributed by atoms with E-state index in [4.69, 9.17) is 19.7 Å². The molecule has 4 N–H and O–H groups in total. The molecule has 0 saturated heterocycles. The molecule has 1 aromatic heterocycles. The second-order valence-corrected chi connectivity index (χ2v) is 18.2. The zero-order valence-corrected chi connectivity index (χ0v) is 43.9. The van der Waals surface area contributed by atoms with Crippen molar-refractivity contribution in [3.05, 3.63) is 48.5 Å². The van der Waals surface area contributed by atoms with Crippen LogP contribution in [0.25, 0.3) is 0 Å². The standard InChI is InChI=1S/C20H36N4O3.C18H30N4O3.C5H12O.C4H10O.C2H6/c1-16(2)11-14-27-20(5,6)15-24(23-21-7)13-8-12-22-19(26)10-9-18(25)17(3)4;1-6-16(23)7-8-17(24)19-11-15-12-22(21-20-15)13-18(4,5)25-10-9-14(2)3;1-5(2)3-4-6;1-4(2)3-5;1-2/h8-10,13,16-17H,11-12,14-15H2,1-7H3,(H,22,26);7-8,12,14H,6,9-11,13H2,1-5H3,(H,19,24);5-6H,3-4H2,1-2H3;4-5H,3H2,1-2H3;1-2H3/b10-9+,13-8?,23-21?;8-7+;;;. The van der Waals surface area contributed by atoms with Crippen LogP contribution in [0.4, 0.5) is 0 Å². The van der Waals surface area contributed by atoms with Gasteiger partial charge in [-0.3, -0.25) is 24.2 Å². The van der Waals surface area contributed by atoms with Crippen LogP contribution in [0.5, 0.6) is 0 Å². The second-order valence-electron chi connectivity index (χ2n) is 18.2. The minimum absolute atomic E-state index is 0.0741. The monoisotopic (exact) mass is 923 g/mol. The molecule has 0 saturated carbocycles. The number of rotatable bonds is 27. The summed E-state index contributed by atoms with van der Waals surface area (Å²) in [5, 5.41) is 39.4. The first-order valence-electron chi connectivity index (χ1n) is 23.4. The molecule has 0 aromatic carbocycles. The van der Waals surface area contributed by atoms with Gasteiger partial charge in [-0.2, -0.15) is 5.11 Å². The van der Waals surface area contributed by atoms with E-state index in [1.807, 2.05) is 55.4 Å². The van der Waals surface area contributed by atoms with Crippen LogP contribution in [-0.2, 0) is 41.7 Å². The molecule has 65 heavy (non-hydrogen) atoms.